The number of hydrogen-bond acceptors (Lipinski definition) is 5. The predicted molar refractivity (Wildman–Crippen MR) is 127 cm³/mol. The number of nitrogens with one attached hydrogen (secondary N) is 1. The number of hydrazone groups is 1. The van der Waals surface area contributed by atoms with E-state index in [2.05, 4.69) is 10.5 Å². The van der Waals surface area contributed by atoms with Crippen LogP contribution in [0.15, 0.2) is 53.6 Å². The van der Waals surface area contributed by atoms with Crippen molar-refractivity contribution in [3.63, 3.8) is 0 Å². The summed E-state index contributed by atoms with van der Waals surface area (Å²) in [6, 6.07) is 15.3. The largest absolute Gasteiger partial charge is 0.375 e. The zero-order valence-corrected chi connectivity index (χ0v) is 18.9. The predicted octanol–water partition coefficient (Wildman–Crippen LogP) is 4.04. The zero-order valence-electron chi connectivity index (χ0n) is 18.9. The molecule has 1 saturated carbocycles. The SMILES string of the molecule is O=CC1NN=C(Cc2cccc(C(=O)N3CCC(OC4CCCC4)CC3)c2)c2ccccc21. The Hall–Kier alpha value is -2.99. The van der Waals surface area contributed by atoms with Crippen molar-refractivity contribution in [2.24, 2.45) is 5.10 Å². The number of ether oxygens (including phenoxy) is 1. The molecule has 33 heavy (non-hydrogen) atoms. The van der Waals surface area contributed by atoms with E-state index < -0.39 is 6.04 Å². The topological polar surface area (TPSA) is 71.0 Å². The maximum absolute atomic E-state index is 13.2. The van der Waals surface area contributed by atoms with Crippen molar-refractivity contribution in [1.29, 1.82) is 0 Å². The van der Waals surface area contributed by atoms with E-state index in [-0.39, 0.29) is 12.0 Å². The number of likely N-dealkylation sites (tertiary alicyclic amines) is 1. The lowest BCUT2D eigenvalue weighted by Gasteiger charge is -2.33. The Morgan fingerprint density at radius 3 is 2.58 bits per heavy atom. The van der Waals surface area contributed by atoms with E-state index in [0.29, 0.717) is 18.1 Å². The summed E-state index contributed by atoms with van der Waals surface area (Å²) in [5, 5.41) is 4.46. The number of hydrogen-bond donors (Lipinski definition) is 1. The van der Waals surface area contributed by atoms with Crippen molar-refractivity contribution in [3.05, 3.63) is 70.8 Å². The zero-order chi connectivity index (χ0) is 22.6. The molecule has 2 aromatic carbocycles. The fourth-order valence-electron chi connectivity index (χ4n) is 5.23. The molecule has 1 saturated heterocycles. The van der Waals surface area contributed by atoms with E-state index in [1.165, 1.54) is 25.7 Å². The van der Waals surface area contributed by atoms with Crippen LogP contribution in [-0.4, -0.2) is 48.1 Å². The van der Waals surface area contributed by atoms with Crippen molar-refractivity contribution < 1.29 is 14.3 Å². The van der Waals surface area contributed by atoms with Gasteiger partial charge in [0.25, 0.3) is 5.91 Å². The van der Waals surface area contributed by atoms with Gasteiger partial charge in [-0.2, -0.15) is 5.10 Å². The molecule has 3 aliphatic rings. The molecule has 2 heterocycles. The van der Waals surface area contributed by atoms with Crippen LogP contribution in [-0.2, 0) is 16.0 Å². The average molecular weight is 446 g/mol. The number of nitrogens with zero attached hydrogens (tertiary/aromatic N) is 2. The summed E-state index contributed by atoms with van der Waals surface area (Å²) in [5.74, 6) is 0.0845. The Labute approximate surface area is 195 Å². The van der Waals surface area contributed by atoms with Crippen LogP contribution < -0.4 is 5.43 Å². The quantitative estimate of drug-likeness (QED) is 0.682. The minimum Gasteiger partial charge on any atom is -0.375 e. The Morgan fingerprint density at radius 1 is 1.03 bits per heavy atom. The molecule has 0 bridgehead atoms. The molecule has 2 aromatic rings. The summed E-state index contributed by atoms with van der Waals surface area (Å²) in [7, 11) is 0. The molecule has 0 spiro atoms. The molecule has 1 amide bonds. The van der Waals surface area contributed by atoms with Crippen molar-refractivity contribution >= 4 is 17.9 Å². The molecule has 1 atom stereocenters. The Morgan fingerprint density at radius 2 is 1.79 bits per heavy atom. The van der Waals surface area contributed by atoms with Crippen molar-refractivity contribution in [1.82, 2.24) is 10.3 Å². The van der Waals surface area contributed by atoms with E-state index >= 15 is 0 Å². The minimum atomic E-state index is -0.418. The van der Waals surface area contributed by atoms with Crippen molar-refractivity contribution in [2.75, 3.05) is 13.1 Å². The van der Waals surface area contributed by atoms with Gasteiger partial charge in [-0.1, -0.05) is 49.2 Å². The van der Waals surface area contributed by atoms with Gasteiger partial charge in [0.1, 0.15) is 12.3 Å². The van der Waals surface area contributed by atoms with Gasteiger partial charge in [-0.25, -0.2) is 0 Å². The van der Waals surface area contributed by atoms with Gasteiger partial charge in [-0.05, 0) is 48.9 Å². The molecule has 0 radical (unpaired) electrons. The fourth-order valence-corrected chi connectivity index (χ4v) is 5.23. The highest BCUT2D eigenvalue weighted by Crippen LogP contribution is 2.26. The monoisotopic (exact) mass is 445 g/mol. The standard InChI is InChI=1S/C27H31N3O3/c31-18-26-24-11-4-3-10-23(24)25(28-29-26)17-19-6-5-7-20(16-19)27(32)30-14-12-22(13-15-30)33-21-8-1-2-9-21/h3-7,10-11,16,18,21-22,26,29H,1-2,8-9,12-15,17H2. The molecule has 2 aliphatic heterocycles. The third-order valence-corrected chi connectivity index (χ3v) is 7.04. The lowest BCUT2D eigenvalue weighted by Crippen LogP contribution is -2.41. The molecule has 6 nitrogen and oxygen atoms in total. The first-order chi connectivity index (χ1) is 16.2. The number of piperidine rings is 1. The minimum absolute atomic E-state index is 0.0845. The van der Waals surface area contributed by atoms with Gasteiger partial charge in [0.05, 0.1) is 17.9 Å². The third-order valence-electron chi connectivity index (χ3n) is 7.04. The summed E-state index contributed by atoms with van der Waals surface area (Å²) in [5.41, 5.74) is 7.48. The number of aldehydes is 1. The van der Waals surface area contributed by atoms with E-state index in [1.54, 1.807) is 0 Å². The Kier molecular flexibility index (Phi) is 6.53. The van der Waals surface area contributed by atoms with E-state index in [9.17, 15) is 9.59 Å². The van der Waals surface area contributed by atoms with Gasteiger partial charge in [0.15, 0.2) is 0 Å². The first-order valence-corrected chi connectivity index (χ1v) is 12.1. The van der Waals surface area contributed by atoms with Crippen LogP contribution >= 0.6 is 0 Å². The molecule has 6 heteroatoms. The first-order valence-electron chi connectivity index (χ1n) is 12.1. The molecular weight excluding hydrogens is 414 g/mol. The number of carbonyl (C=O) groups excluding carboxylic acids is 2. The number of carbonyl (C=O) groups is 2. The summed E-state index contributed by atoms with van der Waals surface area (Å²) in [6.45, 7) is 1.50. The average Bonchev–Trinajstić information content (AvgIpc) is 3.38. The maximum atomic E-state index is 13.2. The second-order valence-corrected chi connectivity index (χ2v) is 9.30. The Balaban J connectivity index is 1.23. The Bertz CT molecular complexity index is 1040. The summed E-state index contributed by atoms with van der Waals surface area (Å²) in [6.07, 6.45) is 8.95. The van der Waals surface area contributed by atoms with Crippen LogP contribution in [0.4, 0.5) is 0 Å². The number of amides is 1. The van der Waals surface area contributed by atoms with Gasteiger partial charge in [0.2, 0.25) is 0 Å². The molecule has 0 aromatic heterocycles. The second kappa shape index (κ2) is 9.87. The highest BCUT2D eigenvalue weighted by molar-refractivity contribution is 6.04. The molecule has 172 valence electrons. The van der Waals surface area contributed by atoms with Crippen LogP contribution in [0.2, 0.25) is 0 Å². The van der Waals surface area contributed by atoms with Crippen LogP contribution in [0.5, 0.6) is 0 Å². The molecular formula is C27H31N3O3. The fraction of sp³-hybridized carbons (Fsp3) is 0.444. The van der Waals surface area contributed by atoms with E-state index in [4.69, 9.17) is 4.74 Å². The van der Waals surface area contributed by atoms with Crippen LogP contribution in [0.1, 0.15) is 71.6 Å². The van der Waals surface area contributed by atoms with Crippen LogP contribution in [0.3, 0.4) is 0 Å². The van der Waals surface area contributed by atoms with E-state index in [0.717, 1.165) is 54.6 Å². The molecule has 1 aliphatic carbocycles. The molecule has 1 unspecified atom stereocenters. The summed E-state index contributed by atoms with van der Waals surface area (Å²) < 4.78 is 6.26. The second-order valence-electron chi connectivity index (χ2n) is 9.30. The summed E-state index contributed by atoms with van der Waals surface area (Å²) in [4.78, 5) is 26.5. The lowest BCUT2D eigenvalue weighted by atomic mass is 9.92. The molecule has 5 rings (SSSR count). The van der Waals surface area contributed by atoms with Gasteiger partial charge >= 0.3 is 0 Å². The van der Waals surface area contributed by atoms with E-state index in [1.807, 2.05) is 53.4 Å². The van der Waals surface area contributed by atoms with Crippen LogP contribution in [0, 0.1) is 0 Å². The highest BCUT2D eigenvalue weighted by Gasteiger charge is 2.27. The van der Waals surface area contributed by atoms with Gasteiger partial charge in [-0.15, -0.1) is 0 Å². The third kappa shape index (κ3) is 4.86. The normalized spacial score (nSPS) is 21.3. The smallest absolute Gasteiger partial charge is 0.253 e. The van der Waals surface area contributed by atoms with Crippen molar-refractivity contribution in [3.8, 4) is 0 Å². The highest BCUT2D eigenvalue weighted by atomic mass is 16.5. The molecule has 1 N–H and O–H groups in total. The number of rotatable bonds is 6. The first kappa shape index (κ1) is 21.8. The number of benzene rings is 2. The van der Waals surface area contributed by atoms with Crippen molar-refractivity contribution in [2.45, 2.75) is 63.2 Å². The number of fused-ring (bicyclic) bond motifs is 1. The molecule has 2 fully saturated rings. The van der Waals surface area contributed by atoms with Gasteiger partial charge in [0, 0.05) is 30.6 Å². The van der Waals surface area contributed by atoms with Crippen LogP contribution in [0.25, 0.3) is 0 Å². The van der Waals surface area contributed by atoms with Gasteiger partial charge < -0.3 is 14.4 Å². The lowest BCUT2D eigenvalue weighted by molar-refractivity contribution is -0.109. The maximum Gasteiger partial charge on any atom is 0.253 e. The van der Waals surface area contributed by atoms with Gasteiger partial charge in [-0.3, -0.25) is 10.2 Å². The summed E-state index contributed by atoms with van der Waals surface area (Å²) >= 11 is 0.